The Kier molecular flexibility index (Phi) is 6.09. The third-order valence-corrected chi connectivity index (χ3v) is 4.85. The van der Waals surface area contributed by atoms with E-state index in [1.807, 2.05) is 6.92 Å². The van der Waals surface area contributed by atoms with Gasteiger partial charge in [0.2, 0.25) is 0 Å². The van der Waals surface area contributed by atoms with Crippen molar-refractivity contribution in [2.24, 2.45) is 11.1 Å². The second-order valence-corrected chi connectivity index (χ2v) is 6.50. The molecule has 1 heterocycles. The number of rotatable bonds is 8. The summed E-state index contributed by atoms with van der Waals surface area (Å²) in [6.45, 7) is 10.4. The molecule has 0 saturated carbocycles. The molecule has 0 amide bonds. The second kappa shape index (κ2) is 6.88. The van der Waals surface area contributed by atoms with Crippen LogP contribution in [0.2, 0.25) is 0 Å². The topological polar surface area (TPSA) is 49.5 Å². The van der Waals surface area contributed by atoms with E-state index in [1.165, 1.54) is 45.3 Å². The molecule has 1 atom stereocenters. The average molecular weight is 256 g/mol. The predicted octanol–water partition coefficient (Wildman–Crippen LogP) is 2.38. The Morgan fingerprint density at radius 3 is 2.44 bits per heavy atom. The number of hydrogen-bond donors (Lipinski definition) is 2. The maximum atomic E-state index is 9.10. The van der Waals surface area contributed by atoms with Crippen molar-refractivity contribution >= 4 is 0 Å². The molecule has 3 N–H and O–H groups in total. The van der Waals surface area contributed by atoms with E-state index in [4.69, 9.17) is 10.8 Å². The number of likely N-dealkylation sites (tertiary alicyclic amines) is 1. The predicted molar refractivity (Wildman–Crippen MR) is 77.6 cm³/mol. The average Bonchev–Trinajstić information content (AvgIpc) is 2.79. The first kappa shape index (κ1) is 15.9. The fourth-order valence-corrected chi connectivity index (χ4v) is 2.99. The number of unbranched alkanes of at least 4 members (excludes halogenated alkanes) is 1. The summed E-state index contributed by atoms with van der Waals surface area (Å²) in [6, 6.07) is 0. The Hall–Kier alpha value is -0.120. The lowest BCUT2D eigenvalue weighted by Crippen LogP contribution is -2.40. The van der Waals surface area contributed by atoms with E-state index < -0.39 is 0 Å². The van der Waals surface area contributed by atoms with Gasteiger partial charge in [0.15, 0.2) is 0 Å². The van der Waals surface area contributed by atoms with Crippen LogP contribution in [0.5, 0.6) is 0 Å². The van der Waals surface area contributed by atoms with E-state index in [0.717, 1.165) is 12.8 Å². The zero-order valence-electron chi connectivity index (χ0n) is 12.5. The molecule has 0 spiro atoms. The Labute approximate surface area is 113 Å². The molecule has 1 fully saturated rings. The molecular weight excluding hydrogens is 224 g/mol. The smallest absolute Gasteiger partial charge is 0.0608 e. The Bertz CT molecular complexity index is 237. The van der Waals surface area contributed by atoms with Crippen LogP contribution in [0.1, 0.15) is 59.3 Å². The number of hydrogen-bond acceptors (Lipinski definition) is 3. The molecule has 1 unspecified atom stereocenters. The van der Waals surface area contributed by atoms with Crippen molar-refractivity contribution in [3.05, 3.63) is 0 Å². The second-order valence-electron chi connectivity index (χ2n) is 6.50. The van der Waals surface area contributed by atoms with Gasteiger partial charge in [0.05, 0.1) is 6.61 Å². The highest BCUT2D eigenvalue weighted by molar-refractivity contribution is 4.87. The van der Waals surface area contributed by atoms with Crippen molar-refractivity contribution in [2.45, 2.75) is 64.8 Å². The molecule has 1 saturated heterocycles. The summed E-state index contributed by atoms with van der Waals surface area (Å²) in [4.78, 5) is 2.61. The molecule has 0 aromatic heterocycles. The Morgan fingerprint density at radius 2 is 1.94 bits per heavy atom. The van der Waals surface area contributed by atoms with Crippen molar-refractivity contribution in [3.8, 4) is 0 Å². The van der Waals surface area contributed by atoms with Crippen LogP contribution in [0.25, 0.3) is 0 Å². The van der Waals surface area contributed by atoms with E-state index in [9.17, 15) is 0 Å². The first-order valence-electron chi connectivity index (χ1n) is 7.59. The quantitative estimate of drug-likeness (QED) is 0.656. The molecule has 1 rings (SSSR count). The third kappa shape index (κ3) is 4.52. The molecule has 3 nitrogen and oxygen atoms in total. The van der Waals surface area contributed by atoms with E-state index in [0.29, 0.717) is 5.41 Å². The molecule has 0 bridgehead atoms. The zero-order valence-corrected chi connectivity index (χ0v) is 12.5. The molecule has 1 aliphatic rings. The van der Waals surface area contributed by atoms with Gasteiger partial charge in [-0.1, -0.05) is 20.3 Å². The van der Waals surface area contributed by atoms with Crippen molar-refractivity contribution in [1.29, 1.82) is 0 Å². The summed E-state index contributed by atoms with van der Waals surface area (Å²) in [5.41, 5.74) is 6.14. The van der Waals surface area contributed by atoms with Crippen LogP contribution in [0.3, 0.4) is 0 Å². The number of nitrogens with zero attached hydrogens (tertiary/aromatic N) is 1. The van der Waals surface area contributed by atoms with Gasteiger partial charge in [-0.15, -0.1) is 0 Å². The summed E-state index contributed by atoms with van der Waals surface area (Å²) in [5.74, 6) is 0. The van der Waals surface area contributed by atoms with E-state index >= 15 is 0 Å². The molecule has 1 aliphatic heterocycles. The van der Waals surface area contributed by atoms with Gasteiger partial charge in [0, 0.05) is 12.1 Å². The van der Waals surface area contributed by atoms with Crippen LogP contribution < -0.4 is 5.73 Å². The SMILES string of the molecule is CCC1(CC)CCN(CCCCC(C)(N)CO)C1. The van der Waals surface area contributed by atoms with Crippen molar-refractivity contribution in [2.75, 3.05) is 26.2 Å². The maximum absolute atomic E-state index is 9.10. The van der Waals surface area contributed by atoms with Crippen LogP contribution in [0.4, 0.5) is 0 Å². The molecular formula is C15H32N2O. The van der Waals surface area contributed by atoms with Gasteiger partial charge in [-0.25, -0.2) is 0 Å². The summed E-state index contributed by atoms with van der Waals surface area (Å²) in [6.07, 6.45) is 7.23. The summed E-state index contributed by atoms with van der Waals surface area (Å²) < 4.78 is 0. The van der Waals surface area contributed by atoms with Gasteiger partial charge in [-0.3, -0.25) is 0 Å². The van der Waals surface area contributed by atoms with Gasteiger partial charge in [-0.2, -0.15) is 0 Å². The third-order valence-electron chi connectivity index (χ3n) is 4.85. The monoisotopic (exact) mass is 256 g/mol. The van der Waals surface area contributed by atoms with Crippen LogP contribution in [0, 0.1) is 5.41 Å². The maximum Gasteiger partial charge on any atom is 0.0608 e. The Morgan fingerprint density at radius 1 is 1.28 bits per heavy atom. The normalized spacial score (nSPS) is 23.2. The summed E-state index contributed by atoms with van der Waals surface area (Å²) in [5, 5.41) is 9.10. The highest BCUT2D eigenvalue weighted by Gasteiger charge is 2.34. The number of aliphatic hydroxyl groups is 1. The van der Waals surface area contributed by atoms with E-state index in [1.54, 1.807) is 0 Å². The lowest BCUT2D eigenvalue weighted by atomic mass is 9.82. The number of aliphatic hydroxyl groups excluding tert-OH is 1. The van der Waals surface area contributed by atoms with Gasteiger partial charge in [0.1, 0.15) is 0 Å². The number of nitrogens with two attached hydrogens (primary N) is 1. The highest BCUT2D eigenvalue weighted by atomic mass is 16.3. The molecule has 18 heavy (non-hydrogen) atoms. The van der Waals surface area contributed by atoms with E-state index in [2.05, 4.69) is 18.7 Å². The lowest BCUT2D eigenvalue weighted by Gasteiger charge is -2.27. The fraction of sp³-hybridized carbons (Fsp3) is 1.00. The summed E-state index contributed by atoms with van der Waals surface area (Å²) >= 11 is 0. The first-order chi connectivity index (χ1) is 8.47. The fourth-order valence-electron chi connectivity index (χ4n) is 2.99. The van der Waals surface area contributed by atoms with Gasteiger partial charge >= 0.3 is 0 Å². The minimum absolute atomic E-state index is 0.0888. The molecule has 0 aliphatic carbocycles. The first-order valence-corrected chi connectivity index (χ1v) is 7.59. The van der Waals surface area contributed by atoms with Crippen LogP contribution >= 0.6 is 0 Å². The van der Waals surface area contributed by atoms with Crippen LogP contribution in [0.15, 0.2) is 0 Å². The van der Waals surface area contributed by atoms with Gasteiger partial charge in [-0.05, 0) is 57.5 Å². The van der Waals surface area contributed by atoms with Crippen LogP contribution in [-0.4, -0.2) is 41.8 Å². The molecule has 0 aromatic carbocycles. The van der Waals surface area contributed by atoms with Crippen molar-refractivity contribution in [3.63, 3.8) is 0 Å². The van der Waals surface area contributed by atoms with Crippen molar-refractivity contribution < 1.29 is 5.11 Å². The minimum Gasteiger partial charge on any atom is -0.394 e. The largest absolute Gasteiger partial charge is 0.394 e. The molecule has 3 heteroatoms. The van der Waals surface area contributed by atoms with Crippen molar-refractivity contribution in [1.82, 2.24) is 4.90 Å². The molecule has 0 radical (unpaired) electrons. The summed E-state index contributed by atoms with van der Waals surface area (Å²) in [7, 11) is 0. The highest BCUT2D eigenvalue weighted by Crippen LogP contribution is 2.36. The molecule has 108 valence electrons. The minimum atomic E-state index is -0.387. The van der Waals surface area contributed by atoms with E-state index in [-0.39, 0.29) is 12.1 Å². The Balaban J connectivity index is 2.18. The molecule has 0 aromatic rings. The van der Waals surface area contributed by atoms with Gasteiger partial charge in [0.25, 0.3) is 0 Å². The zero-order chi connectivity index (χ0) is 13.6. The van der Waals surface area contributed by atoms with Crippen LogP contribution in [-0.2, 0) is 0 Å². The van der Waals surface area contributed by atoms with Gasteiger partial charge < -0.3 is 15.7 Å². The lowest BCUT2D eigenvalue weighted by molar-refractivity contribution is 0.193. The standard InChI is InChI=1S/C15H32N2O/c1-4-15(5-2)9-11-17(12-15)10-7-6-8-14(3,16)13-18/h18H,4-13,16H2,1-3H3.